The van der Waals surface area contributed by atoms with Gasteiger partial charge in [0.25, 0.3) is 0 Å². The highest BCUT2D eigenvalue weighted by atomic mass is 16.3. The number of hydrogen-bond donors (Lipinski definition) is 0. The summed E-state index contributed by atoms with van der Waals surface area (Å²) in [5.41, 5.74) is 1.04. The average molecular weight is 176 g/mol. The molecule has 13 heavy (non-hydrogen) atoms. The third-order valence-electron chi connectivity index (χ3n) is 1.77. The van der Waals surface area contributed by atoms with Crippen molar-refractivity contribution in [3.05, 3.63) is 41.1 Å². The summed E-state index contributed by atoms with van der Waals surface area (Å²) in [5.74, 6) is 0. The van der Waals surface area contributed by atoms with Gasteiger partial charge in [0.15, 0.2) is 0 Å². The van der Waals surface area contributed by atoms with Crippen LogP contribution in [0.5, 0.6) is 0 Å². The molecule has 68 valence electrons. The monoisotopic (exact) mass is 176 g/mol. The number of aromatic nitrogens is 1. The first-order valence-corrected chi connectivity index (χ1v) is 4.27. The van der Waals surface area contributed by atoms with Gasteiger partial charge in [-0.05, 0) is 24.1 Å². The summed E-state index contributed by atoms with van der Waals surface area (Å²) < 4.78 is 0. The molecule has 0 amide bonds. The van der Waals surface area contributed by atoms with E-state index in [2.05, 4.69) is 10.2 Å². The SMILES string of the molecule is CCC(C=Cc1ccncc1)N=O. The van der Waals surface area contributed by atoms with E-state index in [0.29, 0.717) is 0 Å². The average Bonchev–Trinajstić information content (AvgIpc) is 2.21. The molecule has 1 rings (SSSR count). The maximum absolute atomic E-state index is 10.2. The highest BCUT2D eigenvalue weighted by Gasteiger charge is 1.97. The molecule has 0 aliphatic heterocycles. The third-order valence-corrected chi connectivity index (χ3v) is 1.77. The van der Waals surface area contributed by atoms with Crippen LogP contribution >= 0.6 is 0 Å². The van der Waals surface area contributed by atoms with Crippen molar-refractivity contribution in [1.82, 2.24) is 4.98 Å². The summed E-state index contributed by atoms with van der Waals surface area (Å²) in [5, 5.41) is 2.97. The first-order valence-electron chi connectivity index (χ1n) is 4.27. The molecule has 0 N–H and O–H groups in total. The molecule has 1 heterocycles. The van der Waals surface area contributed by atoms with E-state index in [1.54, 1.807) is 12.4 Å². The largest absolute Gasteiger partial charge is 0.265 e. The van der Waals surface area contributed by atoms with E-state index < -0.39 is 0 Å². The predicted molar refractivity (Wildman–Crippen MR) is 53.1 cm³/mol. The van der Waals surface area contributed by atoms with Crippen molar-refractivity contribution in [1.29, 1.82) is 0 Å². The van der Waals surface area contributed by atoms with Gasteiger partial charge in [0.2, 0.25) is 0 Å². The zero-order valence-corrected chi connectivity index (χ0v) is 7.55. The Balaban J connectivity index is 2.62. The summed E-state index contributed by atoms with van der Waals surface area (Å²) >= 11 is 0. The topological polar surface area (TPSA) is 42.3 Å². The Morgan fingerprint density at radius 2 is 2.23 bits per heavy atom. The van der Waals surface area contributed by atoms with Crippen LogP contribution in [0, 0.1) is 4.91 Å². The molecule has 0 spiro atoms. The highest BCUT2D eigenvalue weighted by Crippen LogP contribution is 2.04. The van der Waals surface area contributed by atoms with Crippen molar-refractivity contribution < 1.29 is 0 Å². The van der Waals surface area contributed by atoms with Gasteiger partial charge in [0.1, 0.15) is 6.04 Å². The van der Waals surface area contributed by atoms with Gasteiger partial charge >= 0.3 is 0 Å². The second kappa shape index (κ2) is 5.19. The van der Waals surface area contributed by atoms with Crippen LogP contribution in [0.4, 0.5) is 0 Å². The molecule has 0 radical (unpaired) electrons. The molecule has 3 heteroatoms. The summed E-state index contributed by atoms with van der Waals surface area (Å²) in [6.07, 6.45) is 7.87. The van der Waals surface area contributed by atoms with Crippen molar-refractivity contribution in [3.8, 4) is 0 Å². The quantitative estimate of drug-likeness (QED) is 0.662. The Morgan fingerprint density at radius 3 is 2.77 bits per heavy atom. The molecule has 0 saturated carbocycles. The second-order valence-corrected chi connectivity index (χ2v) is 2.72. The van der Waals surface area contributed by atoms with E-state index in [-0.39, 0.29) is 6.04 Å². The highest BCUT2D eigenvalue weighted by molar-refractivity contribution is 5.48. The lowest BCUT2D eigenvalue weighted by molar-refractivity contribution is 0.781. The number of rotatable bonds is 4. The van der Waals surface area contributed by atoms with Crippen molar-refractivity contribution in [3.63, 3.8) is 0 Å². The van der Waals surface area contributed by atoms with Gasteiger partial charge in [-0.15, -0.1) is 0 Å². The molecule has 0 bridgehead atoms. The summed E-state index contributed by atoms with van der Waals surface area (Å²) in [6, 6.07) is 3.55. The number of pyridine rings is 1. The van der Waals surface area contributed by atoms with Crippen LogP contribution < -0.4 is 0 Å². The van der Waals surface area contributed by atoms with Gasteiger partial charge in [-0.2, -0.15) is 4.91 Å². The molecule has 0 aliphatic rings. The first kappa shape index (κ1) is 9.58. The van der Waals surface area contributed by atoms with E-state index >= 15 is 0 Å². The van der Waals surface area contributed by atoms with Gasteiger partial charge in [-0.1, -0.05) is 24.3 Å². The van der Waals surface area contributed by atoms with E-state index in [9.17, 15) is 4.91 Å². The maximum Gasteiger partial charge on any atom is 0.110 e. The Kier molecular flexibility index (Phi) is 3.82. The summed E-state index contributed by atoms with van der Waals surface area (Å²) in [4.78, 5) is 14.1. The minimum Gasteiger partial charge on any atom is -0.265 e. The normalized spacial score (nSPS) is 13.0. The van der Waals surface area contributed by atoms with Crippen LogP contribution in [0.15, 0.2) is 35.8 Å². The number of hydrogen-bond acceptors (Lipinski definition) is 3. The molecule has 0 aliphatic carbocycles. The van der Waals surface area contributed by atoms with Gasteiger partial charge in [0, 0.05) is 12.4 Å². The smallest absolute Gasteiger partial charge is 0.110 e. The standard InChI is InChI=1S/C10H12N2O/c1-2-10(12-13)4-3-9-5-7-11-8-6-9/h3-8,10H,2H2,1H3. The fourth-order valence-electron chi connectivity index (χ4n) is 0.942. The molecular formula is C10H12N2O. The first-order chi connectivity index (χ1) is 6.36. The van der Waals surface area contributed by atoms with Crippen molar-refractivity contribution in [2.45, 2.75) is 19.4 Å². The Morgan fingerprint density at radius 1 is 1.54 bits per heavy atom. The zero-order valence-electron chi connectivity index (χ0n) is 7.55. The Bertz CT molecular complexity index is 282. The molecule has 0 saturated heterocycles. The molecular weight excluding hydrogens is 164 g/mol. The van der Waals surface area contributed by atoms with E-state index in [1.165, 1.54) is 0 Å². The van der Waals surface area contributed by atoms with Gasteiger partial charge < -0.3 is 0 Å². The van der Waals surface area contributed by atoms with Crippen LogP contribution in [0.25, 0.3) is 6.08 Å². The third kappa shape index (κ3) is 3.15. The predicted octanol–water partition coefficient (Wildman–Crippen LogP) is 2.64. The summed E-state index contributed by atoms with van der Waals surface area (Å²) in [6.45, 7) is 1.93. The van der Waals surface area contributed by atoms with Gasteiger partial charge in [-0.3, -0.25) is 4.98 Å². The molecule has 0 fully saturated rings. The lowest BCUT2D eigenvalue weighted by atomic mass is 10.2. The van der Waals surface area contributed by atoms with Gasteiger partial charge in [-0.25, -0.2) is 0 Å². The van der Waals surface area contributed by atoms with Crippen LogP contribution in [0.3, 0.4) is 0 Å². The van der Waals surface area contributed by atoms with Crippen molar-refractivity contribution in [2.75, 3.05) is 0 Å². The number of nitrogens with zero attached hydrogens (tertiary/aromatic N) is 2. The van der Waals surface area contributed by atoms with Crippen LogP contribution in [-0.4, -0.2) is 11.0 Å². The molecule has 0 aromatic carbocycles. The lowest BCUT2D eigenvalue weighted by Gasteiger charge is -1.96. The van der Waals surface area contributed by atoms with Crippen LogP contribution in [-0.2, 0) is 0 Å². The molecule has 1 aromatic rings. The minimum atomic E-state index is -0.215. The molecule has 1 unspecified atom stereocenters. The Labute approximate surface area is 77.5 Å². The summed E-state index contributed by atoms with van der Waals surface area (Å²) in [7, 11) is 0. The number of nitroso groups, excluding NO2 is 1. The van der Waals surface area contributed by atoms with Crippen LogP contribution in [0.2, 0.25) is 0 Å². The van der Waals surface area contributed by atoms with E-state index in [1.807, 2.05) is 31.2 Å². The van der Waals surface area contributed by atoms with Gasteiger partial charge in [0.05, 0.1) is 0 Å². The minimum absolute atomic E-state index is 0.215. The van der Waals surface area contributed by atoms with E-state index in [0.717, 1.165) is 12.0 Å². The van der Waals surface area contributed by atoms with Crippen LogP contribution in [0.1, 0.15) is 18.9 Å². The molecule has 1 aromatic heterocycles. The Hall–Kier alpha value is -1.51. The lowest BCUT2D eigenvalue weighted by Crippen LogP contribution is -1.94. The fourth-order valence-corrected chi connectivity index (χ4v) is 0.942. The van der Waals surface area contributed by atoms with Crippen molar-refractivity contribution >= 4 is 6.08 Å². The maximum atomic E-state index is 10.2. The fraction of sp³-hybridized carbons (Fsp3) is 0.300. The zero-order chi connectivity index (χ0) is 9.52. The van der Waals surface area contributed by atoms with Crippen molar-refractivity contribution in [2.24, 2.45) is 5.18 Å². The molecule has 3 nitrogen and oxygen atoms in total. The van der Waals surface area contributed by atoms with E-state index in [4.69, 9.17) is 0 Å². The molecule has 1 atom stereocenters. The second-order valence-electron chi connectivity index (χ2n) is 2.72.